The topological polar surface area (TPSA) is 65.5 Å². The second-order valence-electron chi connectivity index (χ2n) is 5.25. The van der Waals surface area contributed by atoms with E-state index >= 15 is 0 Å². The van der Waals surface area contributed by atoms with E-state index in [-0.39, 0.29) is 18.1 Å². The Bertz CT molecular complexity index is 734. The molecule has 5 nitrogen and oxygen atoms in total. The van der Waals surface area contributed by atoms with Crippen LogP contribution in [0, 0.1) is 5.82 Å². The average Bonchev–Trinajstić information content (AvgIpc) is 2.61. The molecule has 0 saturated carbocycles. The third kappa shape index (κ3) is 6.54. The maximum absolute atomic E-state index is 13.6. The molecule has 0 heterocycles. The van der Waals surface area contributed by atoms with E-state index in [1.807, 2.05) is 24.3 Å². The van der Waals surface area contributed by atoms with Crippen molar-refractivity contribution in [2.45, 2.75) is 13.0 Å². The Morgan fingerprint density at radius 1 is 1.12 bits per heavy atom. The van der Waals surface area contributed by atoms with Crippen molar-refractivity contribution in [3.05, 3.63) is 64.4 Å². The van der Waals surface area contributed by atoms with Gasteiger partial charge in [-0.2, -0.15) is 0 Å². The first-order chi connectivity index (χ1) is 12.1. The third-order valence-corrected chi connectivity index (χ3v) is 3.93. The maximum Gasteiger partial charge on any atom is 0.226 e. The van der Waals surface area contributed by atoms with Gasteiger partial charge >= 0.3 is 0 Å². The van der Waals surface area contributed by atoms with Crippen LogP contribution in [0.15, 0.2) is 58.0 Å². The lowest BCUT2D eigenvalue weighted by Gasteiger charge is -2.12. The van der Waals surface area contributed by atoms with Crippen molar-refractivity contribution in [1.82, 2.24) is 10.6 Å². The van der Waals surface area contributed by atoms with Gasteiger partial charge in [-0.25, -0.2) is 4.39 Å². The zero-order valence-electron chi connectivity index (χ0n) is 13.9. The number of hydrogen-bond acceptors (Lipinski definition) is 2. The number of hydrogen-bond donors (Lipinski definition) is 3. The Hall–Kier alpha value is -2.41. The average molecular weight is 407 g/mol. The summed E-state index contributed by atoms with van der Waals surface area (Å²) in [6, 6.07) is 13.9. The van der Waals surface area contributed by atoms with E-state index in [1.54, 1.807) is 25.2 Å². The van der Waals surface area contributed by atoms with Crippen LogP contribution in [-0.4, -0.2) is 25.5 Å². The highest BCUT2D eigenvalue weighted by atomic mass is 79.9. The fraction of sp³-hybridized carbons (Fsp3) is 0.222. The highest BCUT2D eigenvalue weighted by Gasteiger charge is 2.05. The van der Waals surface area contributed by atoms with Gasteiger partial charge in [-0.1, -0.05) is 34.1 Å². The molecule has 132 valence electrons. The number of carbonyl (C=O) groups is 1. The van der Waals surface area contributed by atoms with Gasteiger partial charge in [0, 0.05) is 42.3 Å². The van der Waals surface area contributed by atoms with Gasteiger partial charge in [-0.3, -0.25) is 9.79 Å². The van der Waals surface area contributed by atoms with Crippen LogP contribution in [0.1, 0.15) is 12.0 Å². The highest BCUT2D eigenvalue weighted by Crippen LogP contribution is 2.14. The van der Waals surface area contributed by atoms with Gasteiger partial charge in [0.2, 0.25) is 5.91 Å². The SMILES string of the molecule is CN=C(NCCC(=O)Nc1ccc(Br)cc1)NCc1ccccc1F. The fourth-order valence-corrected chi connectivity index (χ4v) is 2.36. The van der Waals surface area contributed by atoms with E-state index in [2.05, 4.69) is 36.9 Å². The predicted molar refractivity (Wildman–Crippen MR) is 102 cm³/mol. The number of nitrogens with one attached hydrogen (secondary N) is 3. The molecule has 3 N–H and O–H groups in total. The maximum atomic E-state index is 13.6. The monoisotopic (exact) mass is 406 g/mol. The lowest BCUT2D eigenvalue weighted by atomic mass is 10.2. The minimum Gasteiger partial charge on any atom is -0.356 e. The summed E-state index contributed by atoms with van der Waals surface area (Å²) >= 11 is 3.35. The van der Waals surface area contributed by atoms with Crippen molar-refractivity contribution in [3.8, 4) is 0 Å². The molecule has 2 aromatic carbocycles. The number of carbonyl (C=O) groups excluding carboxylic acids is 1. The Morgan fingerprint density at radius 3 is 2.52 bits per heavy atom. The van der Waals surface area contributed by atoms with Gasteiger partial charge < -0.3 is 16.0 Å². The van der Waals surface area contributed by atoms with E-state index in [9.17, 15) is 9.18 Å². The molecule has 0 atom stereocenters. The largest absolute Gasteiger partial charge is 0.356 e. The number of nitrogens with zero attached hydrogens (tertiary/aromatic N) is 1. The number of halogens is 2. The molecule has 0 aliphatic rings. The number of rotatable bonds is 6. The molecule has 0 fully saturated rings. The van der Waals surface area contributed by atoms with Crippen LogP contribution >= 0.6 is 15.9 Å². The van der Waals surface area contributed by atoms with Crippen LogP contribution < -0.4 is 16.0 Å². The second-order valence-corrected chi connectivity index (χ2v) is 6.16. The summed E-state index contributed by atoms with van der Waals surface area (Å²) < 4.78 is 14.5. The highest BCUT2D eigenvalue weighted by molar-refractivity contribution is 9.10. The lowest BCUT2D eigenvalue weighted by Crippen LogP contribution is -2.38. The van der Waals surface area contributed by atoms with Crippen LogP contribution in [0.5, 0.6) is 0 Å². The molecule has 0 spiro atoms. The van der Waals surface area contributed by atoms with E-state index in [4.69, 9.17) is 0 Å². The van der Waals surface area contributed by atoms with Gasteiger partial charge in [0.25, 0.3) is 0 Å². The summed E-state index contributed by atoms with van der Waals surface area (Å²) in [7, 11) is 1.62. The number of aliphatic imine (C=N–C) groups is 1. The van der Waals surface area contributed by atoms with Crippen molar-refractivity contribution < 1.29 is 9.18 Å². The Labute approximate surface area is 154 Å². The first kappa shape index (κ1) is 18.9. The first-order valence-electron chi connectivity index (χ1n) is 7.82. The molecule has 0 saturated heterocycles. The number of amides is 1. The molecule has 0 aliphatic carbocycles. The molecule has 0 bridgehead atoms. The third-order valence-electron chi connectivity index (χ3n) is 3.40. The van der Waals surface area contributed by atoms with Crippen LogP contribution in [0.3, 0.4) is 0 Å². The van der Waals surface area contributed by atoms with Gasteiger partial charge in [0.1, 0.15) is 5.82 Å². The normalized spacial score (nSPS) is 11.1. The molecule has 2 aromatic rings. The summed E-state index contributed by atoms with van der Waals surface area (Å²) in [6.45, 7) is 0.733. The van der Waals surface area contributed by atoms with E-state index in [1.165, 1.54) is 6.07 Å². The number of benzene rings is 2. The first-order valence-corrected chi connectivity index (χ1v) is 8.61. The van der Waals surface area contributed by atoms with Crippen LogP contribution in [0.25, 0.3) is 0 Å². The summed E-state index contributed by atoms with van der Waals surface area (Å²) in [4.78, 5) is 16.0. The molecule has 0 aliphatic heterocycles. The molecule has 25 heavy (non-hydrogen) atoms. The second kappa shape index (κ2) is 9.78. The molecule has 2 rings (SSSR count). The molecule has 7 heteroatoms. The Morgan fingerprint density at radius 2 is 1.84 bits per heavy atom. The zero-order chi connectivity index (χ0) is 18.1. The van der Waals surface area contributed by atoms with Crippen molar-refractivity contribution >= 4 is 33.5 Å². The van der Waals surface area contributed by atoms with Crippen LogP contribution in [-0.2, 0) is 11.3 Å². The summed E-state index contributed by atoms with van der Waals surface area (Å²) in [5, 5.41) is 8.87. The van der Waals surface area contributed by atoms with E-state index < -0.39 is 0 Å². The molecular weight excluding hydrogens is 387 g/mol. The van der Waals surface area contributed by atoms with Gasteiger partial charge in [-0.15, -0.1) is 0 Å². The zero-order valence-corrected chi connectivity index (χ0v) is 15.4. The summed E-state index contributed by atoms with van der Waals surface area (Å²) in [6.07, 6.45) is 0.288. The van der Waals surface area contributed by atoms with Crippen molar-refractivity contribution in [2.75, 3.05) is 18.9 Å². The lowest BCUT2D eigenvalue weighted by molar-refractivity contribution is -0.116. The van der Waals surface area contributed by atoms with Crippen molar-refractivity contribution in [2.24, 2.45) is 4.99 Å². The van der Waals surface area contributed by atoms with E-state index in [0.717, 1.165) is 10.2 Å². The van der Waals surface area contributed by atoms with Gasteiger partial charge in [0.15, 0.2) is 5.96 Å². The smallest absolute Gasteiger partial charge is 0.226 e. The van der Waals surface area contributed by atoms with Crippen LogP contribution in [0.4, 0.5) is 10.1 Å². The minimum atomic E-state index is -0.265. The Kier molecular flexibility index (Phi) is 7.40. The molecule has 1 amide bonds. The van der Waals surface area contributed by atoms with Crippen molar-refractivity contribution in [1.29, 1.82) is 0 Å². The molecule has 0 radical (unpaired) electrons. The van der Waals surface area contributed by atoms with E-state index in [0.29, 0.717) is 24.6 Å². The summed E-state index contributed by atoms with van der Waals surface area (Å²) in [5.74, 6) is 0.151. The predicted octanol–water partition coefficient (Wildman–Crippen LogP) is 3.28. The molecule has 0 unspecified atom stereocenters. The standard InChI is InChI=1S/C18H20BrFN4O/c1-21-18(23-12-13-4-2-3-5-16(13)20)22-11-10-17(25)24-15-8-6-14(19)7-9-15/h2-9H,10-12H2,1H3,(H,24,25)(H2,21,22,23). The Balaban J connectivity index is 1.72. The van der Waals surface area contributed by atoms with Gasteiger partial charge in [-0.05, 0) is 30.3 Å². The van der Waals surface area contributed by atoms with Gasteiger partial charge in [0.05, 0.1) is 0 Å². The minimum absolute atomic E-state index is 0.0978. The number of guanidine groups is 1. The molecule has 0 aromatic heterocycles. The van der Waals surface area contributed by atoms with Crippen molar-refractivity contribution in [3.63, 3.8) is 0 Å². The fourth-order valence-electron chi connectivity index (χ4n) is 2.09. The molecular formula is C18H20BrFN4O. The van der Waals surface area contributed by atoms with Crippen LogP contribution in [0.2, 0.25) is 0 Å². The quantitative estimate of drug-likeness (QED) is 0.509. The number of anilines is 1. The summed E-state index contributed by atoms with van der Waals surface area (Å²) in [5.41, 5.74) is 1.30.